The summed E-state index contributed by atoms with van der Waals surface area (Å²) in [4.78, 5) is 22.7. The van der Waals surface area contributed by atoms with Crippen LogP contribution in [0.15, 0.2) is 42.5 Å². The number of rotatable bonds is 4. The van der Waals surface area contributed by atoms with Gasteiger partial charge in [-0.3, -0.25) is 19.2 Å². The number of fused-ring (bicyclic) bond motifs is 1. The van der Waals surface area contributed by atoms with Crippen molar-refractivity contribution in [1.29, 1.82) is 0 Å². The maximum absolute atomic E-state index is 12.4. The Labute approximate surface area is 150 Å². The fraction of sp³-hybridized carbons (Fsp3) is 0.235. The van der Waals surface area contributed by atoms with Crippen molar-refractivity contribution in [2.24, 2.45) is 0 Å². The van der Waals surface area contributed by atoms with Gasteiger partial charge in [0.05, 0.1) is 16.9 Å². The highest BCUT2D eigenvalue weighted by Crippen LogP contribution is 2.30. The van der Waals surface area contributed by atoms with Crippen LogP contribution in [0.3, 0.4) is 0 Å². The summed E-state index contributed by atoms with van der Waals surface area (Å²) in [5.74, 6) is -0.412. The standard InChI is InChI=1S/C17H17N3O5S/c1-26(24,25)19-9-3-4-12-10-13(7-8-16(12)19)17(21)18-14-5-2-6-15(11-14)20(22)23/h2,5-8,10-11H,3-4,9H2,1H3,(H,18,21). The fourth-order valence-corrected chi connectivity index (χ4v) is 3.94. The van der Waals surface area contributed by atoms with E-state index in [-0.39, 0.29) is 5.69 Å². The maximum Gasteiger partial charge on any atom is 0.271 e. The van der Waals surface area contributed by atoms with Crippen molar-refractivity contribution in [2.45, 2.75) is 12.8 Å². The predicted octanol–water partition coefficient (Wildman–Crippen LogP) is 2.56. The highest BCUT2D eigenvalue weighted by atomic mass is 32.2. The van der Waals surface area contributed by atoms with Crippen LogP contribution in [0.5, 0.6) is 0 Å². The van der Waals surface area contributed by atoms with Crippen LogP contribution >= 0.6 is 0 Å². The van der Waals surface area contributed by atoms with Crippen LogP contribution in [-0.2, 0) is 16.4 Å². The number of nitrogens with zero attached hydrogens (tertiary/aromatic N) is 2. The summed E-state index contributed by atoms with van der Waals surface area (Å²) in [5.41, 5.74) is 1.95. The third kappa shape index (κ3) is 3.67. The van der Waals surface area contributed by atoms with E-state index in [1.54, 1.807) is 24.3 Å². The summed E-state index contributed by atoms with van der Waals surface area (Å²) in [6, 6.07) is 10.5. The summed E-state index contributed by atoms with van der Waals surface area (Å²) in [6.45, 7) is 0.422. The highest BCUT2D eigenvalue weighted by Gasteiger charge is 2.24. The second-order valence-corrected chi connectivity index (χ2v) is 7.95. The fourth-order valence-electron chi connectivity index (χ4n) is 2.95. The van der Waals surface area contributed by atoms with Gasteiger partial charge < -0.3 is 5.32 Å². The average molecular weight is 375 g/mol. The number of non-ortho nitro benzene ring substituents is 1. The summed E-state index contributed by atoms with van der Waals surface area (Å²) in [5, 5.41) is 13.4. The van der Waals surface area contributed by atoms with Crippen molar-refractivity contribution in [3.8, 4) is 0 Å². The second kappa shape index (κ2) is 6.75. The van der Waals surface area contributed by atoms with E-state index in [4.69, 9.17) is 0 Å². The highest BCUT2D eigenvalue weighted by molar-refractivity contribution is 7.92. The molecule has 9 heteroatoms. The van der Waals surface area contributed by atoms with Crippen LogP contribution in [0, 0.1) is 10.1 Å². The molecule has 0 bridgehead atoms. The number of aryl methyl sites for hydroxylation is 1. The molecule has 0 saturated heterocycles. The molecule has 136 valence electrons. The SMILES string of the molecule is CS(=O)(=O)N1CCCc2cc(C(=O)Nc3cccc([N+](=O)[O-])c3)ccc21. The van der Waals surface area contributed by atoms with Crippen LogP contribution < -0.4 is 9.62 Å². The van der Waals surface area contributed by atoms with E-state index < -0.39 is 20.9 Å². The monoisotopic (exact) mass is 375 g/mol. The number of nitro benzene ring substituents is 1. The number of anilines is 2. The third-order valence-electron chi connectivity index (χ3n) is 4.13. The van der Waals surface area contributed by atoms with Gasteiger partial charge in [-0.25, -0.2) is 8.42 Å². The molecule has 8 nitrogen and oxygen atoms in total. The van der Waals surface area contributed by atoms with Crippen LogP contribution in [-0.4, -0.2) is 32.0 Å². The Balaban J connectivity index is 1.85. The molecule has 1 heterocycles. The number of carbonyl (C=O) groups excluding carboxylic acids is 1. The van der Waals surface area contributed by atoms with Crippen molar-refractivity contribution >= 4 is 33.0 Å². The summed E-state index contributed by atoms with van der Waals surface area (Å²) < 4.78 is 25.1. The molecule has 1 aliphatic heterocycles. The Bertz CT molecular complexity index is 988. The van der Waals surface area contributed by atoms with Crippen LogP contribution in [0.25, 0.3) is 0 Å². The first-order valence-electron chi connectivity index (χ1n) is 7.92. The molecule has 1 N–H and O–H groups in total. The van der Waals surface area contributed by atoms with E-state index >= 15 is 0 Å². The first kappa shape index (κ1) is 17.9. The zero-order chi connectivity index (χ0) is 18.9. The van der Waals surface area contributed by atoms with Crippen molar-refractivity contribution < 1.29 is 18.1 Å². The number of benzene rings is 2. The molecule has 0 saturated carbocycles. The molecule has 2 aromatic carbocycles. The summed E-state index contributed by atoms with van der Waals surface area (Å²) in [6.07, 6.45) is 2.51. The maximum atomic E-state index is 12.4. The van der Waals surface area contributed by atoms with E-state index in [2.05, 4.69) is 5.32 Å². The Morgan fingerprint density at radius 2 is 2.00 bits per heavy atom. The Hall–Kier alpha value is -2.94. The van der Waals surface area contributed by atoms with Gasteiger partial charge in [0.25, 0.3) is 11.6 Å². The lowest BCUT2D eigenvalue weighted by atomic mass is 10.0. The van der Waals surface area contributed by atoms with Gasteiger partial charge >= 0.3 is 0 Å². The minimum atomic E-state index is -3.36. The first-order valence-corrected chi connectivity index (χ1v) is 9.77. The van der Waals surface area contributed by atoms with E-state index in [1.807, 2.05) is 0 Å². The van der Waals surface area contributed by atoms with E-state index in [0.29, 0.717) is 36.3 Å². The number of hydrogen-bond acceptors (Lipinski definition) is 5. The predicted molar refractivity (Wildman–Crippen MR) is 98.0 cm³/mol. The molecule has 26 heavy (non-hydrogen) atoms. The smallest absolute Gasteiger partial charge is 0.271 e. The zero-order valence-electron chi connectivity index (χ0n) is 14.0. The Morgan fingerprint density at radius 3 is 2.69 bits per heavy atom. The molecule has 0 unspecified atom stereocenters. The van der Waals surface area contributed by atoms with Crippen molar-refractivity contribution in [1.82, 2.24) is 0 Å². The number of nitro groups is 1. The summed E-state index contributed by atoms with van der Waals surface area (Å²) in [7, 11) is -3.36. The van der Waals surface area contributed by atoms with Crippen LogP contribution in [0.1, 0.15) is 22.3 Å². The van der Waals surface area contributed by atoms with Gasteiger partial charge in [0.15, 0.2) is 0 Å². The molecule has 1 aliphatic rings. The lowest BCUT2D eigenvalue weighted by Gasteiger charge is -2.29. The molecule has 1 amide bonds. The lowest BCUT2D eigenvalue weighted by molar-refractivity contribution is -0.384. The number of amides is 1. The number of nitrogens with one attached hydrogen (secondary N) is 1. The topological polar surface area (TPSA) is 110 Å². The van der Waals surface area contributed by atoms with Gasteiger partial charge in [0, 0.05) is 29.9 Å². The van der Waals surface area contributed by atoms with Gasteiger partial charge in [0.2, 0.25) is 10.0 Å². The minimum absolute atomic E-state index is 0.114. The molecule has 0 aromatic heterocycles. The largest absolute Gasteiger partial charge is 0.322 e. The zero-order valence-corrected chi connectivity index (χ0v) is 14.8. The summed E-state index contributed by atoms with van der Waals surface area (Å²) >= 11 is 0. The van der Waals surface area contributed by atoms with Crippen LogP contribution in [0.2, 0.25) is 0 Å². The van der Waals surface area contributed by atoms with E-state index in [9.17, 15) is 23.3 Å². The lowest BCUT2D eigenvalue weighted by Crippen LogP contribution is -2.34. The Kier molecular flexibility index (Phi) is 4.64. The van der Waals surface area contributed by atoms with Crippen molar-refractivity contribution in [3.05, 3.63) is 63.7 Å². The second-order valence-electron chi connectivity index (χ2n) is 6.04. The quantitative estimate of drug-likeness (QED) is 0.652. The number of carbonyl (C=O) groups is 1. The molecule has 2 aromatic rings. The minimum Gasteiger partial charge on any atom is -0.322 e. The molecule has 0 aliphatic carbocycles. The molecule has 0 radical (unpaired) electrons. The molecule has 0 atom stereocenters. The molecule has 0 fully saturated rings. The van der Waals surface area contributed by atoms with Gasteiger partial charge in [-0.15, -0.1) is 0 Å². The van der Waals surface area contributed by atoms with Crippen molar-refractivity contribution in [2.75, 3.05) is 22.4 Å². The van der Waals surface area contributed by atoms with Gasteiger partial charge in [-0.2, -0.15) is 0 Å². The molecular weight excluding hydrogens is 358 g/mol. The molecule has 3 rings (SSSR count). The first-order chi connectivity index (χ1) is 12.3. The van der Waals surface area contributed by atoms with E-state index in [0.717, 1.165) is 11.8 Å². The normalized spacial score (nSPS) is 13.8. The van der Waals surface area contributed by atoms with Gasteiger partial charge in [-0.1, -0.05) is 6.07 Å². The average Bonchev–Trinajstić information content (AvgIpc) is 2.60. The van der Waals surface area contributed by atoms with Gasteiger partial charge in [-0.05, 0) is 42.7 Å². The van der Waals surface area contributed by atoms with E-state index in [1.165, 1.54) is 22.5 Å². The van der Waals surface area contributed by atoms with Crippen LogP contribution in [0.4, 0.5) is 17.1 Å². The number of hydrogen-bond donors (Lipinski definition) is 1. The van der Waals surface area contributed by atoms with Gasteiger partial charge in [0.1, 0.15) is 0 Å². The van der Waals surface area contributed by atoms with Crippen molar-refractivity contribution in [3.63, 3.8) is 0 Å². The third-order valence-corrected chi connectivity index (χ3v) is 5.31. The molecule has 0 spiro atoms. The Morgan fingerprint density at radius 1 is 1.23 bits per heavy atom. The molecular formula is C17H17N3O5S. The number of sulfonamides is 1.